The van der Waals surface area contributed by atoms with Crippen molar-refractivity contribution in [1.82, 2.24) is 5.43 Å². The van der Waals surface area contributed by atoms with Crippen LogP contribution < -0.4 is 5.43 Å². The van der Waals surface area contributed by atoms with Crippen molar-refractivity contribution in [3.63, 3.8) is 0 Å². The van der Waals surface area contributed by atoms with Crippen LogP contribution in [-0.4, -0.2) is 17.2 Å². The van der Waals surface area contributed by atoms with Crippen LogP contribution in [0.15, 0.2) is 59.0 Å². The second-order valence-corrected chi connectivity index (χ2v) is 5.80. The molecule has 110 valence electrons. The SMILES string of the molecule is O=C(Cc1cccs1)N/N=C/c1c(O)ccc2ccccc12. The molecule has 0 aliphatic heterocycles. The molecule has 0 radical (unpaired) electrons. The van der Waals surface area contributed by atoms with Gasteiger partial charge in [0.05, 0.1) is 12.6 Å². The van der Waals surface area contributed by atoms with Crippen molar-refractivity contribution in [2.75, 3.05) is 0 Å². The van der Waals surface area contributed by atoms with Gasteiger partial charge in [0.25, 0.3) is 0 Å². The molecular weight excluding hydrogens is 296 g/mol. The number of hydrogen-bond donors (Lipinski definition) is 2. The van der Waals surface area contributed by atoms with E-state index in [4.69, 9.17) is 0 Å². The van der Waals surface area contributed by atoms with Crippen LogP contribution in [0.3, 0.4) is 0 Å². The molecule has 22 heavy (non-hydrogen) atoms. The Kier molecular flexibility index (Phi) is 4.16. The molecule has 0 bridgehead atoms. The highest BCUT2D eigenvalue weighted by atomic mass is 32.1. The van der Waals surface area contributed by atoms with Crippen LogP contribution in [0.2, 0.25) is 0 Å². The number of phenols is 1. The van der Waals surface area contributed by atoms with Gasteiger partial charge in [-0.25, -0.2) is 5.43 Å². The number of carbonyl (C=O) groups is 1. The lowest BCUT2D eigenvalue weighted by atomic mass is 10.0. The smallest absolute Gasteiger partial charge is 0.245 e. The number of thiophene rings is 1. The Morgan fingerprint density at radius 1 is 1.18 bits per heavy atom. The Balaban J connectivity index is 1.75. The fourth-order valence-corrected chi connectivity index (χ4v) is 2.90. The topological polar surface area (TPSA) is 61.7 Å². The third-order valence-corrected chi connectivity index (χ3v) is 4.12. The summed E-state index contributed by atoms with van der Waals surface area (Å²) in [6.07, 6.45) is 1.78. The van der Waals surface area contributed by atoms with Crippen molar-refractivity contribution in [2.45, 2.75) is 6.42 Å². The van der Waals surface area contributed by atoms with Crippen molar-refractivity contribution in [2.24, 2.45) is 5.10 Å². The average Bonchev–Trinajstić information content (AvgIpc) is 3.02. The number of phenolic OH excluding ortho intramolecular Hbond substituents is 1. The standard InChI is InChI=1S/C17H14N2O2S/c20-16-8-7-12-4-1-2-6-14(12)15(16)11-18-19-17(21)10-13-5-3-9-22-13/h1-9,11,20H,10H2,(H,19,21)/b18-11+. The van der Waals surface area contributed by atoms with Gasteiger partial charge in [-0.2, -0.15) is 5.10 Å². The number of aromatic hydroxyl groups is 1. The molecule has 4 nitrogen and oxygen atoms in total. The summed E-state index contributed by atoms with van der Waals surface area (Å²) in [5, 5.41) is 17.8. The lowest BCUT2D eigenvalue weighted by Gasteiger charge is -2.04. The number of hydrogen-bond acceptors (Lipinski definition) is 4. The largest absolute Gasteiger partial charge is 0.507 e. The van der Waals surface area contributed by atoms with E-state index in [1.807, 2.05) is 47.8 Å². The number of hydrazone groups is 1. The number of fused-ring (bicyclic) bond motifs is 1. The molecule has 0 fully saturated rings. The fraction of sp³-hybridized carbons (Fsp3) is 0.0588. The number of rotatable bonds is 4. The normalized spacial score (nSPS) is 11.1. The Hall–Kier alpha value is -2.66. The summed E-state index contributed by atoms with van der Waals surface area (Å²) < 4.78 is 0. The molecule has 0 saturated heterocycles. The number of amides is 1. The van der Waals surface area contributed by atoms with E-state index >= 15 is 0 Å². The second-order valence-electron chi connectivity index (χ2n) is 4.77. The molecule has 1 heterocycles. The van der Waals surface area contributed by atoms with Crippen LogP contribution in [0, 0.1) is 0 Å². The Morgan fingerprint density at radius 2 is 2.05 bits per heavy atom. The molecule has 0 atom stereocenters. The predicted octanol–water partition coefficient (Wildman–Crippen LogP) is 3.30. The maximum absolute atomic E-state index is 11.8. The van der Waals surface area contributed by atoms with E-state index in [9.17, 15) is 9.90 Å². The zero-order valence-electron chi connectivity index (χ0n) is 11.7. The van der Waals surface area contributed by atoms with Crippen molar-refractivity contribution < 1.29 is 9.90 Å². The summed E-state index contributed by atoms with van der Waals surface area (Å²) in [5.41, 5.74) is 3.08. The molecule has 0 aliphatic rings. The number of nitrogens with zero attached hydrogens (tertiary/aromatic N) is 1. The summed E-state index contributed by atoms with van der Waals surface area (Å²) in [5.74, 6) is -0.0478. The van der Waals surface area contributed by atoms with Crippen LogP contribution in [0.4, 0.5) is 0 Å². The molecule has 0 saturated carbocycles. The van der Waals surface area contributed by atoms with E-state index in [2.05, 4.69) is 10.5 Å². The minimum absolute atomic E-state index is 0.134. The van der Waals surface area contributed by atoms with Gasteiger partial charge in [0, 0.05) is 10.4 Å². The molecule has 1 aromatic heterocycles. The van der Waals surface area contributed by atoms with Gasteiger partial charge in [-0.1, -0.05) is 36.4 Å². The Morgan fingerprint density at radius 3 is 2.86 bits per heavy atom. The number of nitrogens with one attached hydrogen (secondary N) is 1. The zero-order valence-corrected chi connectivity index (χ0v) is 12.5. The maximum Gasteiger partial charge on any atom is 0.245 e. The van der Waals surface area contributed by atoms with Crippen LogP contribution in [0.1, 0.15) is 10.4 Å². The summed E-state index contributed by atoms with van der Waals surface area (Å²) in [4.78, 5) is 12.8. The van der Waals surface area contributed by atoms with E-state index in [0.29, 0.717) is 12.0 Å². The van der Waals surface area contributed by atoms with Crippen LogP contribution >= 0.6 is 11.3 Å². The highest BCUT2D eigenvalue weighted by Gasteiger charge is 2.05. The van der Waals surface area contributed by atoms with Gasteiger partial charge in [-0.05, 0) is 28.3 Å². The molecule has 5 heteroatoms. The molecule has 2 N–H and O–H groups in total. The van der Waals surface area contributed by atoms with Crippen molar-refractivity contribution >= 4 is 34.2 Å². The first kappa shape index (κ1) is 14.3. The first-order chi connectivity index (χ1) is 10.7. The monoisotopic (exact) mass is 310 g/mol. The minimum Gasteiger partial charge on any atom is -0.507 e. The van der Waals surface area contributed by atoms with Crippen molar-refractivity contribution in [1.29, 1.82) is 0 Å². The third kappa shape index (κ3) is 3.15. The van der Waals surface area contributed by atoms with Gasteiger partial charge >= 0.3 is 0 Å². The quantitative estimate of drug-likeness (QED) is 0.574. The second kappa shape index (κ2) is 6.41. The predicted molar refractivity (Wildman–Crippen MR) is 89.4 cm³/mol. The summed E-state index contributed by atoms with van der Waals surface area (Å²) >= 11 is 1.53. The molecular formula is C17H14N2O2S. The van der Waals surface area contributed by atoms with Crippen LogP contribution in [0.5, 0.6) is 5.75 Å². The van der Waals surface area contributed by atoms with E-state index in [-0.39, 0.29) is 11.7 Å². The van der Waals surface area contributed by atoms with E-state index in [1.165, 1.54) is 17.6 Å². The first-order valence-electron chi connectivity index (χ1n) is 6.79. The molecule has 3 aromatic rings. The number of benzene rings is 2. The Labute approximate surface area is 131 Å². The lowest BCUT2D eigenvalue weighted by Crippen LogP contribution is -2.19. The summed E-state index contributed by atoms with van der Waals surface area (Å²) in [7, 11) is 0. The average molecular weight is 310 g/mol. The first-order valence-corrected chi connectivity index (χ1v) is 7.67. The molecule has 1 amide bonds. The van der Waals surface area contributed by atoms with Gasteiger partial charge in [0.1, 0.15) is 5.75 Å². The van der Waals surface area contributed by atoms with Crippen LogP contribution in [0.25, 0.3) is 10.8 Å². The van der Waals surface area contributed by atoms with E-state index in [1.54, 1.807) is 6.07 Å². The van der Waals surface area contributed by atoms with Crippen molar-refractivity contribution in [3.8, 4) is 5.75 Å². The molecule has 0 unspecified atom stereocenters. The fourth-order valence-electron chi connectivity index (χ4n) is 2.20. The highest BCUT2D eigenvalue weighted by Crippen LogP contribution is 2.25. The van der Waals surface area contributed by atoms with Gasteiger partial charge in [-0.3, -0.25) is 4.79 Å². The van der Waals surface area contributed by atoms with Gasteiger partial charge < -0.3 is 5.11 Å². The van der Waals surface area contributed by atoms with Gasteiger partial charge in [0.15, 0.2) is 0 Å². The molecule has 0 spiro atoms. The Bertz CT molecular complexity index is 826. The lowest BCUT2D eigenvalue weighted by molar-refractivity contribution is -0.120. The summed E-state index contributed by atoms with van der Waals surface area (Å²) in [6.45, 7) is 0. The highest BCUT2D eigenvalue weighted by molar-refractivity contribution is 7.10. The molecule has 3 rings (SSSR count). The van der Waals surface area contributed by atoms with Crippen molar-refractivity contribution in [3.05, 3.63) is 64.4 Å². The number of carbonyl (C=O) groups excluding carboxylic acids is 1. The zero-order chi connectivity index (χ0) is 15.4. The molecule has 2 aromatic carbocycles. The van der Waals surface area contributed by atoms with Crippen LogP contribution in [-0.2, 0) is 11.2 Å². The van der Waals surface area contributed by atoms with Gasteiger partial charge in [-0.15, -0.1) is 11.3 Å². The summed E-state index contributed by atoms with van der Waals surface area (Å²) in [6, 6.07) is 15.0. The van der Waals surface area contributed by atoms with Gasteiger partial charge in [0.2, 0.25) is 5.91 Å². The van der Waals surface area contributed by atoms with E-state index < -0.39 is 0 Å². The van der Waals surface area contributed by atoms with E-state index in [0.717, 1.165) is 15.6 Å². The third-order valence-electron chi connectivity index (χ3n) is 3.25. The minimum atomic E-state index is -0.182. The maximum atomic E-state index is 11.8. The molecule has 0 aliphatic carbocycles.